The van der Waals surface area contributed by atoms with Gasteiger partial charge in [-0.1, -0.05) is 41.9 Å². The molecule has 1 amide bonds. The molecule has 8 heteroatoms. The van der Waals surface area contributed by atoms with Crippen molar-refractivity contribution in [2.45, 2.75) is 17.9 Å². The quantitative estimate of drug-likeness (QED) is 0.589. The largest absolute Gasteiger partial charge is 0.346 e. The van der Waals surface area contributed by atoms with E-state index < -0.39 is 21.7 Å². The molecular weight excluding hydrogens is 415 g/mol. The number of para-hydroxylation sites is 1. The van der Waals surface area contributed by atoms with Crippen molar-refractivity contribution in [3.8, 4) is 0 Å². The molecule has 0 saturated heterocycles. The van der Waals surface area contributed by atoms with Crippen LogP contribution < -0.4 is 10.0 Å². The van der Waals surface area contributed by atoms with Crippen molar-refractivity contribution >= 4 is 33.2 Å². The fourth-order valence-corrected chi connectivity index (χ4v) is 4.00. The van der Waals surface area contributed by atoms with E-state index in [0.29, 0.717) is 5.02 Å². The zero-order valence-corrected chi connectivity index (χ0v) is 17.0. The average Bonchev–Trinajstić information content (AvgIpc) is 2.69. The fraction of sp³-hybridized carbons (Fsp3) is 0.0952. The highest BCUT2D eigenvalue weighted by Gasteiger charge is 2.19. The predicted octanol–water partition coefficient (Wildman–Crippen LogP) is 4.77. The van der Waals surface area contributed by atoms with Gasteiger partial charge in [-0.2, -0.15) is 0 Å². The number of hydrogen-bond acceptors (Lipinski definition) is 3. The first kappa shape index (κ1) is 20.8. The van der Waals surface area contributed by atoms with Gasteiger partial charge in [-0.15, -0.1) is 0 Å². The predicted molar refractivity (Wildman–Crippen MR) is 111 cm³/mol. The summed E-state index contributed by atoms with van der Waals surface area (Å²) in [6, 6.07) is 17.7. The van der Waals surface area contributed by atoms with E-state index in [1.54, 1.807) is 25.1 Å². The third-order valence-electron chi connectivity index (χ3n) is 4.22. The first-order chi connectivity index (χ1) is 13.8. The van der Waals surface area contributed by atoms with Crippen LogP contribution in [0.15, 0.2) is 77.7 Å². The highest BCUT2D eigenvalue weighted by atomic mass is 35.5. The molecule has 150 valence electrons. The first-order valence-electron chi connectivity index (χ1n) is 8.70. The van der Waals surface area contributed by atoms with E-state index in [-0.39, 0.29) is 22.2 Å². The fourth-order valence-electron chi connectivity index (χ4n) is 2.69. The molecule has 0 bridgehead atoms. The first-order valence-corrected chi connectivity index (χ1v) is 10.6. The molecule has 3 rings (SSSR count). The van der Waals surface area contributed by atoms with Crippen LogP contribution in [0.1, 0.15) is 28.9 Å². The number of hydrogen-bond donors (Lipinski definition) is 2. The Balaban J connectivity index is 1.79. The molecule has 3 aromatic rings. The van der Waals surface area contributed by atoms with Crippen molar-refractivity contribution in [3.63, 3.8) is 0 Å². The minimum Gasteiger partial charge on any atom is -0.346 e. The number of amides is 1. The molecule has 0 aliphatic carbocycles. The highest BCUT2D eigenvalue weighted by molar-refractivity contribution is 7.92. The van der Waals surface area contributed by atoms with Crippen molar-refractivity contribution < 1.29 is 17.6 Å². The summed E-state index contributed by atoms with van der Waals surface area (Å²) < 4.78 is 41.1. The maximum absolute atomic E-state index is 13.8. The lowest BCUT2D eigenvalue weighted by molar-refractivity contribution is 0.0939. The molecule has 29 heavy (non-hydrogen) atoms. The van der Waals surface area contributed by atoms with Crippen LogP contribution in [0.2, 0.25) is 5.02 Å². The molecule has 0 saturated carbocycles. The third-order valence-corrected chi connectivity index (χ3v) is 5.82. The van der Waals surface area contributed by atoms with E-state index in [1.165, 1.54) is 42.5 Å². The summed E-state index contributed by atoms with van der Waals surface area (Å²) in [6.07, 6.45) is 0. The Morgan fingerprint density at radius 3 is 2.45 bits per heavy atom. The molecule has 0 aliphatic heterocycles. The van der Waals surface area contributed by atoms with Gasteiger partial charge >= 0.3 is 0 Å². The van der Waals surface area contributed by atoms with Gasteiger partial charge in [0, 0.05) is 10.6 Å². The number of carbonyl (C=O) groups excluding carboxylic acids is 1. The second-order valence-corrected chi connectivity index (χ2v) is 8.48. The van der Waals surface area contributed by atoms with Gasteiger partial charge in [0.05, 0.1) is 16.6 Å². The average molecular weight is 433 g/mol. The molecule has 0 aliphatic rings. The maximum atomic E-state index is 13.8. The van der Waals surface area contributed by atoms with Crippen LogP contribution in [0.5, 0.6) is 0 Å². The van der Waals surface area contributed by atoms with Gasteiger partial charge < -0.3 is 5.32 Å². The van der Waals surface area contributed by atoms with Crippen LogP contribution in [-0.2, 0) is 10.0 Å². The van der Waals surface area contributed by atoms with Gasteiger partial charge in [0.2, 0.25) is 0 Å². The summed E-state index contributed by atoms with van der Waals surface area (Å²) in [4.78, 5) is 12.4. The summed E-state index contributed by atoms with van der Waals surface area (Å²) in [6.45, 7) is 1.80. The lowest BCUT2D eigenvalue weighted by Gasteiger charge is -2.15. The van der Waals surface area contributed by atoms with Gasteiger partial charge in [-0.25, -0.2) is 12.8 Å². The Hall–Kier alpha value is -2.90. The van der Waals surface area contributed by atoms with E-state index in [9.17, 15) is 17.6 Å². The molecular formula is C21H18ClFN2O3S. The van der Waals surface area contributed by atoms with Gasteiger partial charge in [0.1, 0.15) is 5.82 Å². The van der Waals surface area contributed by atoms with Crippen molar-refractivity contribution in [3.05, 3.63) is 94.8 Å². The summed E-state index contributed by atoms with van der Waals surface area (Å²) in [7, 11) is -4.07. The third kappa shape index (κ3) is 5.13. The van der Waals surface area contributed by atoms with Crippen molar-refractivity contribution in [1.82, 2.24) is 5.32 Å². The summed E-state index contributed by atoms with van der Waals surface area (Å²) >= 11 is 5.98. The molecule has 0 spiro atoms. The van der Waals surface area contributed by atoms with Gasteiger partial charge in [0.15, 0.2) is 0 Å². The monoisotopic (exact) mass is 432 g/mol. The van der Waals surface area contributed by atoms with Crippen molar-refractivity contribution in [2.75, 3.05) is 4.72 Å². The normalized spacial score (nSPS) is 12.2. The van der Waals surface area contributed by atoms with E-state index >= 15 is 0 Å². The molecule has 1 unspecified atom stereocenters. The summed E-state index contributed by atoms with van der Waals surface area (Å²) in [5.74, 6) is -1.14. The van der Waals surface area contributed by atoms with E-state index in [1.807, 2.05) is 6.07 Å². The summed E-state index contributed by atoms with van der Waals surface area (Å²) in [5, 5.41) is 3.36. The lowest BCUT2D eigenvalue weighted by atomic mass is 10.1. The van der Waals surface area contributed by atoms with E-state index in [4.69, 9.17) is 11.6 Å². The molecule has 2 N–H and O–H groups in total. The molecule has 0 radical (unpaired) electrons. The van der Waals surface area contributed by atoms with E-state index in [0.717, 1.165) is 11.6 Å². The molecule has 3 aromatic carbocycles. The number of anilines is 1. The Bertz CT molecular complexity index is 1150. The Kier molecular flexibility index (Phi) is 6.20. The lowest BCUT2D eigenvalue weighted by Crippen LogP contribution is -2.27. The van der Waals surface area contributed by atoms with Gasteiger partial charge in [-0.3, -0.25) is 9.52 Å². The van der Waals surface area contributed by atoms with Crippen molar-refractivity contribution in [2.24, 2.45) is 0 Å². The number of halogens is 2. The van der Waals surface area contributed by atoms with Crippen LogP contribution >= 0.6 is 11.6 Å². The van der Waals surface area contributed by atoms with Crippen LogP contribution in [0.25, 0.3) is 0 Å². The molecule has 1 atom stereocenters. The SMILES string of the molecule is CC(NC(=O)c1cccc(S(=O)(=O)Nc2ccccc2F)c1)c1cccc(Cl)c1. The minimum absolute atomic E-state index is 0.149. The van der Waals surface area contributed by atoms with Gasteiger partial charge in [-0.05, 0) is 55.0 Å². The number of rotatable bonds is 6. The van der Waals surface area contributed by atoms with Crippen LogP contribution in [0.4, 0.5) is 10.1 Å². The molecule has 0 aromatic heterocycles. The zero-order valence-electron chi connectivity index (χ0n) is 15.4. The Morgan fingerprint density at radius 1 is 1.00 bits per heavy atom. The number of benzene rings is 3. The molecule has 5 nitrogen and oxygen atoms in total. The van der Waals surface area contributed by atoms with Gasteiger partial charge in [0.25, 0.3) is 15.9 Å². The van der Waals surface area contributed by atoms with Crippen molar-refractivity contribution in [1.29, 1.82) is 0 Å². The second kappa shape index (κ2) is 8.63. The number of carbonyl (C=O) groups is 1. The molecule has 0 fully saturated rings. The van der Waals surface area contributed by atoms with Crippen LogP contribution in [0.3, 0.4) is 0 Å². The summed E-state index contributed by atoms with van der Waals surface area (Å²) in [5.41, 5.74) is 0.808. The zero-order chi connectivity index (χ0) is 21.0. The standard InChI is InChI=1S/C21H18ClFN2O3S/c1-14(15-6-4-8-17(22)12-15)24-21(26)16-7-5-9-18(13-16)29(27,28)25-20-11-3-2-10-19(20)23/h2-14,25H,1H3,(H,24,26). The van der Waals surface area contributed by atoms with Crippen LogP contribution in [-0.4, -0.2) is 14.3 Å². The number of nitrogens with one attached hydrogen (secondary N) is 2. The topological polar surface area (TPSA) is 75.3 Å². The van der Waals surface area contributed by atoms with E-state index in [2.05, 4.69) is 10.0 Å². The Morgan fingerprint density at radius 2 is 1.72 bits per heavy atom. The maximum Gasteiger partial charge on any atom is 0.262 e. The minimum atomic E-state index is -4.07. The number of sulfonamides is 1. The smallest absolute Gasteiger partial charge is 0.262 e. The van der Waals surface area contributed by atoms with Crippen LogP contribution in [0, 0.1) is 5.82 Å². The Labute approximate surface area is 173 Å². The highest BCUT2D eigenvalue weighted by Crippen LogP contribution is 2.21. The second-order valence-electron chi connectivity index (χ2n) is 6.36. The molecule has 0 heterocycles.